The lowest BCUT2D eigenvalue weighted by molar-refractivity contribution is -0.121. The van der Waals surface area contributed by atoms with Crippen molar-refractivity contribution in [1.82, 2.24) is 5.43 Å². The third-order valence-electron chi connectivity index (χ3n) is 3.96. The van der Waals surface area contributed by atoms with Crippen LogP contribution in [0.4, 0.5) is 0 Å². The first-order chi connectivity index (χ1) is 11.8. The molecule has 0 saturated carbocycles. The van der Waals surface area contributed by atoms with Gasteiger partial charge < -0.3 is 4.74 Å². The summed E-state index contributed by atoms with van der Waals surface area (Å²) < 4.78 is 29.8. The highest BCUT2D eigenvalue weighted by molar-refractivity contribution is 7.91. The van der Waals surface area contributed by atoms with Gasteiger partial charge in [0, 0.05) is 12.3 Å². The standard InChI is InChI=1S/C18H22N2O4S/c1-5-8-25(22,23)17-7-6-14(11-16(17)24-4)12(2)9-15-13(3)10-18(21)20-19-15/h5-7,9,11,13H,1,8,10H2,2-4H3,(H,20,21). The molecule has 0 radical (unpaired) electrons. The normalized spacial score (nSPS) is 18.4. The van der Waals surface area contributed by atoms with Gasteiger partial charge in [-0.15, -0.1) is 6.58 Å². The number of ether oxygens (including phenoxy) is 1. The third-order valence-corrected chi connectivity index (χ3v) is 5.64. The summed E-state index contributed by atoms with van der Waals surface area (Å²) >= 11 is 0. The van der Waals surface area contributed by atoms with Crippen LogP contribution in [-0.2, 0) is 14.6 Å². The van der Waals surface area contributed by atoms with Crippen LogP contribution in [0.1, 0.15) is 25.8 Å². The number of sulfone groups is 1. The highest BCUT2D eigenvalue weighted by atomic mass is 32.2. The second-order valence-electron chi connectivity index (χ2n) is 5.94. The molecule has 0 saturated heterocycles. The molecule has 7 heteroatoms. The first-order valence-corrected chi connectivity index (χ1v) is 9.50. The van der Waals surface area contributed by atoms with Crippen LogP contribution in [0.25, 0.3) is 5.57 Å². The summed E-state index contributed by atoms with van der Waals surface area (Å²) in [7, 11) is -2.03. The summed E-state index contributed by atoms with van der Waals surface area (Å²) in [5, 5.41) is 4.08. The van der Waals surface area contributed by atoms with Crippen LogP contribution in [0.15, 0.2) is 46.9 Å². The Morgan fingerprint density at radius 2 is 2.20 bits per heavy atom. The lowest BCUT2D eigenvalue weighted by Gasteiger charge is -2.17. The van der Waals surface area contributed by atoms with Gasteiger partial charge in [-0.1, -0.05) is 19.1 Å². The van der Waals surface area contributed by atoms with Crippen molar-refractivity contribution >= 4 is 27.0 Å². The molecule has 2 rings (SSSR count). The van der Waals surface area contributed by atoms with E-state index in [2.05, 4.69) is 17.1 Å². The lowest BCUT2D eigenvalue weighted by Crippen LogP contribution is -2.30. The molecule has 1 heterocycles. The molecule has 25 heavy (non-hydrogen) atoms. The van der Waals surface area contributed by atoms with Gasteiger partial charge in [-0.2, -0.15) is 5.10 Å². The minimum absolute atomic E-state index is 0.0258. The van der Waals surface area contributed by atoms with Crippen molar-refractivity contribution in [2.75, 3.05) is 12.9 Å². The SMILES string of the molecule is C=CCS(=O)(=O)c1ccc(C(C)=CC2=NNC(=O)CC2C)cc1OC. The highest BCUT2D eigenvalue weighted by Crippen LogP contribution is 2.29. The van der Waals surface area contributed by atoms with E-state index < -0.39 is 9.84 Å². The smallest absolute Gasteiger partial charge is 0.240 e. The Balaban J connectivity index is 2.39. The van der Waals surface area contributed by atoms with Crippen molar-refractivity contribution in [2.45, 2.75) is 25.2 Å². The number of methoxy groups -OCH3 is 1. The number of rotatable bonds is 6. The average molecular weight is 362 g/mol. The molecule has 1 unspecified atom stereocenters. The first-order valence-electron chi connectivity index (χ1n) is 7.85. The fourth-order valence-corrected chi connectivity index (χ4v) is 3.77. The summed E-state index contributed by atoms with van der Waals surface area (Å²) in [5.74, 6) is 0.0727. The molecule has 1 aliphatic rings. The number of allylic oxidation sites excluding steroid dienone is 2. The molecular formula is C18H22N2O4S. The molecule has 1 aromatic carbocycles. The Morgan fingerprint density at radius 3 is 2.80 bits per heavy atom. The van der Waals surface area contributed by atoms with E-state index in [-0.39, 0.29) is 22.5 Å². The molecule has 1 atom stereocenters. The fraction of sp³-hybridized carbons (Fsp3) is 0.333. The average Bonchev–Trinajstić information content (AvgIpc) is 2.56. The molecule has 0 aliphatic carbocycles. The van der Waals surface area contributed by atoms with E-state index in [0.717, 1.165) is 16.8 Å². The molecule has 1 aliphatic heterocycles. The van der Waals surface area contributed by atoms with E-state index in [1.54, 1.807) is 12.1 Å². The highest BCUT2D eigenvalue weighted by Gasteiger charge is 2.20. The zero-order valence-electron chi connectivity index (χ0n) is 14.6. The predicted octanol–water partition coefficient (Wildman–Crippen LogP) is 2.57. The molecular weight excluding hydrogens is 340 g/mol. The van der Waals surface area contributed by atoms with Crippen molar-refractivity contribution in [3.8, 4) is 5.75 Å². The van der Waals surface area contributed by atoms with Crippen molar-refractivity contribution in [3.05, 3.63) is 42.5 Å². The maximum absolute atomic E-state index is 12.3. The molecule has 1 N–H and O–H groups in total. The van der Waals surface area contributed by atoms with Crippen molar-refractivity contribution in [2.24, 2.45) is 11.0 Å². The van der Waals surface area contributed by atoms with Crippen LogP contribution in [-0.4, -0.2) is 32.9 Å². The largest absolute Gasteiger partial charge is 0.495 e. The van der Waals surface area contributed by atoms with Crippen LogP contribution < -0.4 is 10.2 Å². The van der Waals surface area contributed by atoms with E-state index in [9.17, 15) is 13.2 Å². The lowest BCUT2D eigenvalue weighted by atomic mass is 9.96. The van der Waals surface area contributed by atoms with Gasteiger partial charge in [0.05, 0.1) is 18.6 Å². The Kier molecular flexibility index (Phi) is 5.79. The maximum atomic E-state index is 12.3. The van der Waals surface area contributed by atoms with Gasteiger partial charge in [0.2, 0.25) is 5.91 Å². The van der Waals surface area contributed by atoms with Gasteiger partial charge in [0.1, 0.15) is 10.6 Å². The van der Waals surface area contributed by atoms with Crippen LogP contribution in [0, 0.1) is 5.92 Å². The Morgan fingerprint density at radius 1 is 1.48 bits per heavy atom. The molecule has 1 aromatic rings. The number of carbonyl (C=O) groups is 1. The quantitative estimate of drug-likeness (QED) is 0.788. The van der Waals surface area contributed by atoms with E-state index in [1.165, 1.54) is 19.3 Å². The Labute approximate surface area is 148 Å². The summed E-state index contributed by atoms with van der Waals surface area (Å²) in [6.07, 6.45) is 3.63. The van der Waals surface area contributed by atoms with Crippen molar-refractivity contribution < 1.29 is 17.9 Å². The summed E-state index contributed by atoms with van der Waals surface area (Å²) in [4.78, 5) is 11.5. The molecule has 6 nitrogen and oxygen atoms in total. The zero-order chi connectivity index (χ0) is 18.6. The number of amides is 1. The summed E-state index contributed by atoms with van der Waals surface area (Å²) in [6, 6.07) is 4.96. The van der Waals surface area contributed by atoms with E-state index >= 15 is 0 Å². The number of carbonyl (C=O) groups excluding carboxylic acids is 1. The minimum atomic E-state index is -3.47. The molecule has 134 valence electrons. The number of nitrogens with zero attached hydrogens (tertiary/aromatic N) is 1. The van der Waals surface area contributed by atoms with Crippen LogP contribution in [0.5, 0.6) is 5.75 Å². The fourth-order valence-electron chi connectivity index (χ4n) is 2.56. The first kappa shape index (κ1) is 18.9. The molecule has 0 bridgehead atoms. The number of benzene rings is 1. The molecule has 1 amide bonds. The topological polar surface area (TPSA) is 84.8 Å². The Bertz CT molecular complexity index is 854. The molecule has 0 aromatic heterocycles. The number of hydrogen-bond acceptors (Lipinski definition) is 5. The van der Waals surface area contributed by atoms with Gasteiger partial charge in [-0.3, -0.25) is 4.79 Å². The molecule has 0 fully saturated rings. The monoisotopic (exact) mass is 362 g/mol. The third kappa shape index (κ3) is 4.36. The van der Waals surface area contributed by atoms with Gasteiger partial charge in [0.15, 0.2) is 9.84 Å². The van der Waals surface area contributed by atoms with Crippen LogP contribution >= 0.6 is 0 Å². The van der Waals surface area contributed by atoms with Gasteiger partial charge >= 0.3 is 0 Å². The second kappa shape index (κ2) is 7.65. The van der Waals surface area contributed by atoms with E-state index in [0.29, 0.717) is 12.2 Å². The predicted molar refractivity (Wildman–Crippen MR) is 98.3 cm³/mol. The maximum Gasteiger partial charge on any atom is 0.240 e. The van der Waals surface area contributed by atoms with Crippen LogP contribution in [0.3, 0.4) is 0 Å². The number of hydrogen-bond donors (Lipinski definition) is 1. The Hall–Kier alpha value is -2.41. The summed E-state index contributed by atoms with van der Waals surface area (Å²) in [6.45, 7) is 7.32. The van der Waals surface area contributed by atoms with E-state index in [1.807, 2.05) is 19.9 Å². The summed E-state index contributed by atoms with van der Waals surface area (Å²) in [5.41, 5.74) is 4.97. The van der Waals surface area contributed by atoms with Gasteiger partial charge in [0.25, 0.3) is 0 Å². The van der Waals surface area contributed by atoms with Crippen molar-refractivity contribution in [1.29, 1.82) is 0 Å². The molecule has 0 spiro atoms. The number of nitrogens with one attached hydrogen (secondary N) is 1. The zero-order valence-corrected chi connectivity index (χ0v) is 15.4. The second-order valence-corrected chi connectivity index (χ2v) is 7.94. The van der Waals surface area contributed by atoms with Gasteiger partial charge in [-0.25, -0.2) is 13.8 Å². The van der Waals surface area contributed by atoms with E-state index in [4.69, 9.17) is 4.74 Å². The van der Waals surface area contributed by atoms with Gasteiger partial charge in [-0.05, 0) is 36.3 Å². The van der Waals surface area contributed by atoms with Crippen molar-refractivity contribution in [3.63, 3.8) is 0 Å². The minimum Gasteiger partial charge on any atom is -0.495 e. The van der Waals surface area contributed by atoms with Crippen LogP contribution in [0.2, 0.25) is 0 Å². The number of hydrazone groups is 1.